The number of carbonyl (C=O) groups is 2. The van der Waals surface area contributed by atoms with Crippen LogP contribution < -0.4 is 15.0 Å². The van der Waals surface area contributed by atoms with Gasteiger partial charge in [-0.25, -0.2) is 0 Å². The van der Waals surface area contributed by atoms with Crippen molar-refractivity contribution >= 4 is 23.2 Å². The molecule has 0 radical (unpaired) electrons. The zero-order valence-electron chi connectivity index (χ0n) is 14.7. The summed E-state index contributed by atoms with van der Waals surface area (Å²) < 4.78 is 5.35. The first-order valence-corrected chi connectivity index (χ1v) is 8.78. The number of carbonyl (C=O) groups excluding carboxylic acids is 2. The average Bonchev–Trinajstić information content (AvgIpc) is 2.67. The number of hydrogen-bond donors (Lipinski definition) is 1. The molecule has 0 atom stereocenters. The van der Waals surface area contributed by atoms with Gasteiger partial charge in [-0.1, -0.05) is 18.2 Å². The maximum absolute atomic E-state index is 12.8. The van der Waals surface area contributed by atoms with Crippen molar-refractivity contribution < 1.29 is 14.3 Å². The van der Waals surface area contributed by atoms with Gasteiger partial charge in [0.05, 0.1) is 5.69 Å². The molecule has 2 aliphatic rings. The predicted octanol–water partition coefficient (Wildman–Crippen LogP) is 2.29. The van der Waals surface area contributed by atoms with Crippen molar-refractivity contribution in [1.29, 1.82) is 0 Å². The first kappa shape index (κ1) is 16.4. The van der Waals surface area contributed by atoms with Crippen molar-refractivity contribution in [3.8, 4) is 5.75 Å². The molecule has 0 unspecified atom stereocenters. The number of nitrogens with zero attached hydrogens (tertiary/aromatic N) is 2. The van der Waals surface area contributed by atoms with Crippen LogP contribution in [0, 0.1) is 6.92 Å². The van der Waals surface area contributed by atoms with E-state index in [1.165, 1.54) is 11.3 Å². The Balaban J connectivity index is 1.45. The van der Waals surface area contributed by atoms with Gasteiger partial charge >= 0.3 is 0 Å². The smallest absolute Gasteiger partial charge is 0.262 e. The molecule has 0 aliphatic carbocycles. The molecule has 0 bridgehead atoms. The number of piperazine rings is 1. The number of amides is 2. The fraction of sp³-hybridized carbons (Fsp3) is 0.300. The molecule has 2 heterocycles. The molecule has 1 saturated heterocycles. The third kappa shape index (κ3) is 3.10. The van der Waals surface area contributed by atoms with Crippen molar-refractivity contribution in [2.75, 3.05) is 43.0 Å². The number of ether oxygens (including phenoxy) is 1. The van der Waals surface area contributed by atoms with Crippen LogP contribution >= 0.6 is 0 Å². The minimum atomic E-state index is -0.200. The van der Waals surface area contributed by atoms with E-state index in [1.54, 1.807) is 18.2 Å². The maximum Gasteiger partial charge on any atom is 0.262 e. The highest BCUT2D eigenvalue weighted by molar-refractivity contribution is 6.00. The van der Waals surface area contributed by atoms with Crippen LogP contribution in [0.15, 0.2) is 42.5 Å². The summed E-state index contributed by atoms with van der Waals surface area (Å²) in [5, 5.41) is 2.75. The Morgan fingerprint density at radius 2 is 1.85 bits per heavy atom. The highest BCUT2D eigenvalue weighted by atomic mass is 16.5. The van der Waals surface area contributed by atoms with Gasteiger partial charge in [0.2, 0.25) is 0 Å². The van der Waals surface area contributed by atoms with Gasteiger partial charge in [0, 0.05) is 37.4 Å². The summed E-state index contributed by atoms with van der Waals surface area (Å²) in [6, 6.07) is 13.5. The summed E-state index contributed by atoms with van der Waals surface area (Å²) in [7, 11) is 0. The Bertz CT molecular complexity index is 857. The Morgan fingerprint density at radius 3 is 2.62 bits per heavy atom. The summed E-state index contributed by atoms with van der Waals surface area (Å²) in [4.78, 5) is 28.5. The lowest BCUT2D eigenvalue weighted by molar-refractivity contribution is -0.118. The molecule has 2 amide bonds. The predicted molar refractivity (Wildman–Crippen MR) is 99.9 cm³/mol. The number of benzene rings is 2. The van der Waals surface area contributed by atoms with Gasteiger partial charge in [0.1, 0.15) is 5.75 Å². The number of fused-ring (bicyclic) bond motifs is 1. The number of para-hydroxylation sites is 1. The zero-order valence-corrected chi connectivity index (χ0v) is 14.7. The minimum Gasteiger partial charge on any atom is -0.482 e. The molecule has 6 heteroatoms. The Labute approximate surface area is 152 Å². The Morgan fingerprint density at radius 1 is 1.08 bits per heavy atom. The van der Waals surface area contributed by atoms with Gasteiger partial charge < -0.3 is 19.9 Å². The molecular weight excluding hydrogens is 330 g/mol. The van der Waals surface area contributed by atoms with Crippen molar-refractivity contribution in [2.24, 2.45) is 0 Å². The molecule has 26 heavy (non-hydrogen) atoms. The average molecular weight is 351 g/mol. The van der Waals surface area contributed by atoms with Gasteiger partial charge in [-0.15, -0.1) is 0 Å². The lowest BCUT2D eigenvalue weighted by Crippen LogP contribution is -2.49. The van der Waals surface area contributed by atoms with E-state index in [9.17, 15) is 9.59 Å². The molecule has 0 saturated carbocycles. The first-order valence-electron chi connectivity index (χ1n) is 8.78. The van der Waals surface area contributed by atoms with Gasteiger partial charge in [0.25, 0.3) is 11.8 Å². The number of aryl methyl sites for hydroxylation is 1. The fourth-order valence-corrected chi connectivity index (χ4v) is 3.47. The molecule has 1 fully saturated rings. The Hall–Kier alpha value is -3.02. The molecule has 2 aromatic rings. The molecule has 4 rings (SSSR count). The summed E-state index contributed by atoms with van der Waals surface area (Å²) in [5.74, 6) is 0.386. The van der Waals surface area contributed by atoms with Crippen molar-refractivity contribution in [3.63, 3.8) is 0 Å². The highest BCUT2D eigenvalue weighted by Gasteiger charge is 2.24. The maximum atomic E-state index is 12.8. The second-order valence-corrected chi connectivity index (χ2v) is 6.61. The van der Waals surface area contributed by atoms with Crippen LogP contribution in [0.2, 0.25) is 0 Å². The quantitative estimate of drug-likeness (QED) is 0.902. The topological polar surface area (TPSA) is 61.9 Å². The Kier molecular flexibility index (Phi) is 4.24. The number of nitrogens with one attached hydrogen (secondary N) is 1. The van der Waals surface area contributed by atoms with E-state index in [0.29, 0.717) is 30.1 Å². The van der Waals surface area contributed by atoms with Gasteiger partial charge in [-0.2, -0.15) is 0 Å². The molecule has 2 aromatic carbocycles. The monoisotopic (exact) mass is 351 g/mol. The van der Waals surface area contributed by atoms with Crippen LogP contribution in [-0.2, 0) is 4.79 Å². The highest BCUT2D eigenvalue weighted by Crippen LogP contribution is 2.29. The standard InChI is InChI=1S/C20H21N3O3/c1-14-4-2-3-5-17(14)22-8-10-23(11-9-22)20(25)15-6-7-18-16(12-15)21-19(24)13-26-18/h2-7,12H,8-11,13H2,1H3,(H,21,24). The lowest BCUT2D eigenvalue weighted by Gasteiger charge is -2.37. The van der Waals surface area contributed by atoms with Crippen LogP contribution in [0.25, 0.3) is 0 Å². The largest absolute Gasteiger partial charge is 0.482 e. The summed E-state index contributed by atoms with van der Waals surface area (Å²) >= 11 is 0. The second-order valence-electron chi connectivity index (χ2n) is 6.61. The minimum absolute atomic E-state index is 0.0150. The van der Waals surface area contributed by atoms with Crippen LogP contribution in [0.3, 0.4) is 0 Å². The van der Waals surface area contributed by atoms with E-state index in [1.807, 2.05) is 17.0 Å². The van der Waals surface area contributed by atoms with Gasteiger partial charge in [-0.05, 0) is 36.8 Å². The van der Waals surface area contributed by atoms with E-state index < -0.39 is 0 Å². The molecular formula is C20H21N3O3. The summed E-state index contributed by atoms with van der Waals surface area (Å²) in [5.41, 5.74) is 3.61. The molecule has 134 valence electrons. The molecule has 0 aromatic heterocycles. The van der Waals surface area contributed by atoms with Crippen molar-refractivity contribution in [3.05, 3.63) is 53.6 Å². The van der Waals surface area contributed by atoms with Crippen LogP contribution in [0.1, 0.15) is 15.9 Å². The number of rotatable bonds is 2. The van der Waals surface area contributed by atoms with Gasteiger partial charge in [0.15, 0.2) is 6.61 Å². The normalized spacial score (nSPS) is 16.6. The number of hydrogen-bond acceptors (Lipinski definition) is 4. The van der Waals surface area contributed by atoms with Gasteiger partial charge in [-0.3, -0.25) is 9.59 Å². The van der Waals surface area contributed by atoms with Crippen LogP contribution in [0.5, 0.6) is 5.75 Å². The lowest BCUT2D eigenvalue weighted by atomic mass is 10.1. The van der Waals surface area contributed by atoms with E-state index in [2.05, 4.69) is 29.3 Å². The molecule has 2 aliphatic heterocycles. The number of anilines is 2. The molecule has 6 nitrogen and oxygen atoms in total. The first-order chi connectivity index (χ1) is 12.6. The van der Waals surface area contributed by atoms with Crippen LogP contribution in [0.4, 0.5) is 11.4 Å². The summed E-state index contributed by atoms with van der Waals surface area (Å²) in [6.07, 6.45) is 0. The summed E-state index contributed by atoms with van der Waals surface area (Å²) in [6.45, 7) is 5.08. The second kappa shape index (κ2) is 6.71. The van der Waals surface area contributed by atoms with E-state index in [0.717, 1.165) is 13.1 Å². The zero-order chi connectivity index (χ0) is 18.1. The van der Waals surface area contributed by atoms with Crippen molar-refractivity contribution in [1.82, 2.24) is 4.90 Å². The third-order valence-electron chi connectivity index (χ3n) is 4.88. The third-order valence-corrected chi connectivity index (χ3v) is 4.88. The molecule has 1 N–H and O–H groups in total. The van der Waals surface area contributed by atoms with Crippen molar-refractivity contribution in [2.45, 2.75) is 6.92 Å². The SMILES string of the molecule is Cc1ccccc1N1CCN(C(=O)c2ccc3c(c2)NC(=O)CO3)CC1. The van der Waals surface area contributed by atoms with E-state index >= 15 is 0 Å². The molecule has 0 spiro atoms. The van der Waals surface area contributed by atoms with E-state index in [4.69, 9.17) is 4.74 Å². The fourth-order valence-electron chi connectivity index (χ4n) is 3.47. The van der Waals surface area contributed by atoms with Crippen LogP contribution in [-0.4, -0.2) is 49.5 Å². The van der Waals surface area contributed by atoms with E-state index in [-0.39, 0.29) is 18.4 Å².